The lowest BCUT2D eigenvalue weighted by atomic mass is 9.97. The third-order valence-corrected chi connectivity index (χ3v) is 3.90. The van der Waals surface area contributed by atoms with Crippen molar-refractivity contribution in [3.63, 3.8) is 0 Å². The lowest BCUT2D eigenvalue weighted by Crippen LogP contribution is -2.33. The molecule has 1 unspecified atom stereocenters. The maximum absolute atomic E-state index is 5.46. The van der Waals surface area contributed by atoms with Gasteiger partial charge in [0.15, 0.2) is 5.11 Å². The minimum absolute atomic E-state index is 0.140. The number of anilines is 1. The van der Waals surface area contributed by atoms with E-state index in [2.05, 4.69) is 41.6 Å². The Labute approximate surface area is 149 Å². The van der Waals surface area contributed by atoms with Crippen LogP contribution in [0.3, 0.4) is 0 Å². The predicted molar refractivity (Wildman–Crippen MR) is 104 cm³/mol. The third-order valence-electron chi connectivity index (χ3n) is 3.68. The molecule has 128 valence electrons. The molecule has 0 fully saturated rings. The van der Waals surface area contributed by atoms with Crippen LogP contribution in [0.2, 0.25) is 0 Å². The highest BCUT2D eigenvalue weighted by Crippen LogP contribution is 2.23. The number of aromatic nitrogens is 1. The molecule has 1 heterocycles. The largest absolute Gasteiger partial charge is 0.497 e. The van der Waals surface area contributed by atoms with Gasteiger partial charge in [0.05, 0.1) is 13.2 Å². The molecule has 1 aromatic carbocycles. The van der Waals surface area contributed by atoms with E-state index in [1.807, 2.05) is 37.4 Å². The Bertz CT molecular complexity index is 653. The molecule has 2 aromatic rings. The number of methoxy groups -OCH3 is 1. The summed E-state index contributed by atoms with van der Waals surface area (Å²) in [6.45, 7) is 6.42. The smallest absolute Gasteiger partial charge is 0.172 e. The highest BCUT2D eigenvalue weighted by Gasteiger charge is 2.15. The van der Waals surface area contributed by atoms with Gasteiger partial charge in [-0.2, -0.15) is 0 Å². The zero-order valence-electron chi connectivity index (χ0n) is 14.7. The Morgan fingerprint density at radius 3 is 2.42 bits per heavy atom. The van der Waals surface area contributed by atoms with E-state index >= 15 is 0 Å². The number of rotatable bonds is 6. The highest BCUT2D eigenvalue weighted by molar-refractivity contribution is 7.80. The first kappa shape index (κ1) is 18.2. The van der Waals surface area contributed by atoms with Crippen LogP contribution in [0.25, 0.3) is 0 Å². The van der Waals surface area contributed by atoms with Crippen molar-refractivity contribution >= 4 is 23.1 Å². The van der Waals surface area contributed by atoms with Crippen LogP contribution in [0.15, 0.2) is 42.6 Å². The van der Waals surface area contributed by atoms with Gasteiger partial charge in [-0.1, -0.05) is 32.0 Å². The molecule has 2 rings (SSSR count). The van der Waals surface area contributed by atoms with Gasteiger partial charge in [-0.15, -0.1) is 0 Å². The molecule has 0 spiro atoms. The van der Waals surface area contributed by atoms with E-state index in [4.69, 9.17) is 17.0 Å². The summed E-state index contributed by atoms with van der Waals surface area (Å²) in [5.41, 5.74) is 2.31. The number of ether oxygens (including phenoxy) is 1. The number of benzene rings is 1. The molecule has 2 N–H and O–H groups in total. The van der Waals surface area contributed by atoms with Crippen molar-refractivity contribution in [1.82, 2.24) is 10.3 Å². The van der Waals surface area contributed by atoms with Gasteiger partial charge in [0.1, 0.15) is 11.6 Å². The molecule has 0 saturated carbocycles. The highest BCUT2D eigenvalue weighted by atomic mass is 32.1. The molecule has 0 aliphatic rings. The molecule has 24 heavy (non-hydrogen) atoms. The van der Waals surface area contributed by atoms with Gasteiger partial charge in [0.25, 0.3) is 0 Å². The molecule has 0 amide bonds. The minimum atomic E-state index is 0.140. The number of pyridine rings is 1. The Morgan fingerprint density at radius 2 is 1.88 bits per heavy atom. The van der Waals surface area contributed by atoms with Crippen LogP contribution in [-0.4, -0.2) is 17.2 Å². The van der Waals surface area contributed by atoms with Crippen molar-refractivity contribution in [3.8, 4) is 5.75 Å². The van der Waals surface area contributed by atoms with E-state index in [-0.39, 0.29) is 6.04 Å². The number of hydrogen-bond acceptors (Lipinski definition) is 3. The normalized spacial score (nSPS) is 11.9. The first-order chi connectivity index (χ1) is 11.5. The van der Waals surface area contributed by atoms with Crippen LogP contribution < -0.4 is 15.4 Å². The summed E-state index contributed by atoms with van der Waals surface area (Å²) >= 11 is 5.46. The summed E-state index contributed by atoms with van der Waals surface area (Å²) in [6.07, 6.45) is 2.80. The Kier molecular flexibility index (Phi) is 6.55. The van der Waals surface area contributed by atoms with E-state index in [9.17, 15) is 0 Å². The maximum Gasteiger partial charge on any atom is 0.172 e. The quantitative estimate of drug-likeness (QED) is 0.758. The fourth-order valence-corrected chi connectivity index (χ4v) is 2.69. The van der Waals surface area contributed by atoms with E-state index in [1.54, 1.807) is 7.11 Å². The zero-order valence-corrected chi connectivity index (χ0v) is 15.5. The number of aryl methyl sites for hydroxylation is 1. The van der Waals surface area contributed by atoms with Crippen LogP contribution >= 0.6 is 12.2 Å². The minimum Gasteiger partial charge on any atom is -0.497 e. The molecule has 1 aromatic heterocycles. The van der Waals surface area contributed by atoms with Crippen molar-refractivity contribution in [2.75, 3.05) is 12.4 Å². The van der Waals surface area contributed by atoms with E-state index in [1.165, 1.54) is 5.56 Å². The van der Waals surface area contributed by atoms with E-state index < -0.39 is 0 Å². The van der Waals surface area contributed by atoms with Crippen molar-refractivity contribution in [2.24, 2.45) is 5.92 Å². The Balaban J connectivity index is 2.06. The number of hydrogen-bond donors (Lipinski definition) is 2. The SMILES string of the molecule is COc1ccc(C(CC(C)C)NC(=S)Nc2ccc(C)cn2)cc1. The number of thiocarbonyl (C=S) groups is 1. The summed E-state index contributed by atoms with van der Waals surface area (Å²) in [4.78, 5) is 4.33. The molecule has 5 heteroatoms. The van der Waals surface area contributed by atoms with Gasteiger partial charge < -0.3 is 15.4 Å². The lowest BCUT2D eigenvalue weighted by Gasteiger charge is -2.23. The third kappa shape index (κ3) is 5.49. The fraction of sp³-hybridized carbons (Fsp3) is 0.368. The summed E-state index contributed by atoms with van der Waals surface area (Å²) in [6, 6.07) is 12.2. The van der Waals surface area contributed by atoms with Crippen molar-refractivity contribution < 1.29 is 4.74 Å². The fourth-order valence-electron chi connectivity index (χ4n) is 2.44. The molecular formula is C19H25N3OS. The van der Waals surface area contributed by atoms with Gasteiger partial charge in [0.2, 0.25) is 0 Å². The topological polar surface area (TPSA) is 46.2 Å². The van der Waals surface area contributed by atoms with Crippen LogP contribution in [0.4, 0.5) is 5.82 Å². The zero-order chi connectivity index (χ0) is 17.5. The van der Waals surface area contributed by atoms with Crippen LogP contribution in [0.5, 0.6) is 5.75 Å². The molecule has 1 atom stereocenters. The monoisotopic (exact) mass is 343 g/mol. The van der Waals surface area contributed by atoms with Crippen molar-refractivity contribution in [1.29, 1.82) is 0 Å². The summed E-state index contributed by atoms with van der Waals surface area (Å²) in [5, 5.41) is 7.13. The second-order valence-electron chi connectivity index (χ2n) is 6.27. The molecule has 0 aliphatic carbocycles. The molecule has 0 aliphatic heterocycles. The van der Waals surface area contributed by atoms with E-state index in [0.29, 0.717) is 11.0 Å². The van der Waals surface area contributed by atoms with Gasteiger partial charge in [0, 0.05) is 6.20 Å². The van der Waals surface area contributed by atoms with E-state index in [0.717, 1.165) is 23.6 Å². The molecule has 4 nitrogen and oxygen atoms in total. The average molecular weight is 343 g/mol. The Morgan fingerprint density at radius 1 is 1.17 bits per heavy atom. The number of nitrogens with zero attached hydrogens (tertiary/aromatic N) is 1. The second-order valence-corrected chi connectivity index (χ2v) is 6.68. The van der Waals surface area contributed by atoms with Gasteiger partial charge in [-0.25, -0.2) is 4.98 Å². The summed E-state index contributed by atoms with van der Waals surface area (Å²) < 4.78 is 5.23. The van der Waals surface area contributed by atoms with Crippen LogP contribution in [0, 0.1) is 12.8 Å². The summed E-state index contributed by atoms with van der Waals surface area (Å²) in [7, 11) is 1.67. The molecule has 0 radical (unpaired) electrons. The maximum atomic E-state index is 5.46. The average Bonchev–Trinajstić information content (AvgIpc) is 2.56. The second kappa shape index (κ2) is 8.64. The van der Waals surface area contributed by atoms with Crippen molar-refractivity contribution in [2.45, 2.75) is 33.2 Å². The molecule has 0 bridgehead atoms. The van der Waals surface area contributed by atoms with Gasteiger partial charge in [-0.05, 0) is 60.8 Å². The van der Waals surface area contributed by atoms with Gasteiger partial charge in [-0.3, -0.25) is 0 Å². The Hall–Kier alpha value is -2.14. The first-order valence-electron chi connectivity index (χ1n) is 8.12. The van der Waals surface area contributed by atoms with Gasteiger partial charge >= 0.3 is 0 Å². The van der Waals surface area contributed by atoms with Crippen molar-refractivity contribution in [3.05, 3.63) is 53.7 Å². The summed E-state index contributed by atoms with van der Waals surface area (Å²) in [5.74, 6) is 2.15. The standard InChI is InChI=1S/C19H25N3OS/c1-13(2)11-17(15-6-8-16(23-4)9-7-15)21-19(24)22-18-10-5-14(3)12-20-18/h5-10,12-13,17H,11H2,1-4H3,(H2,20,21,22,24). The van der Waals surface area contributed by atoms with Crippen LogP contribution in [0.1, 0.15) is 37.4 Å². The lowest BCUT2D eigenvalue weighted by molar-refractivity contribution is 0.414. The molecule has 0 saturated heterocycles. The predicted octanol–water partition coefficient (Wildman–Crippen LogP) is 4.47. The first-order valence-corrected chi connectivity index (χ1v) is 8.53. The molecular weight excluding hydrogens is 318 g/mol. The van der Waals surface area contributed by atoms with Crippen LogP contribution in [-0.2, 0) is 0 Å². The number of nitrogens with one attached hydrogen (secondary N) is 2.